The number of carbonyl (C=O) groups excluding carboxylic acids is 1. The van der Waals surface area contributed by atoms with Gasteiger partial charge in [0.25, 0.3) is 0 Å². The molecule has 0 bridgehead atoms. The molecule has 4 nitrogen and oxygen atoms in total. The van der Waals surface area contributed by atoms with Gasteiger partial charge < -0.3 is 14.8 Å². The molecule has 0 radical (unpaired) electrons. The maximum absolute atomic E-state index is 12.7. The van der Waals surface area contributed by atoms with Gasteiger partial charge in [-0.2, -0.15) is 0 Å². The summed E-state index contributed by atoms with van der Waals surface area (Å²) in [7, 11) is 0. The SMILES string of the molecule is CCOc1ccc(OCC)c(NC(=O)C2Cc3ccccc3S2)c1. The number of hydrogen-bond donors (Lipinski definition) is 1. The van der Waals surface area contributed by atoms with Crippen LogP contribution in [0.5, 0.6) is 11.5 Å². The molecule has 3 rings (SSSR count). The fraction of sp³-hybridized carbons (Fsp3) is 0.316. The Balaban J connectivity index is 1.75. The highest BCUT2D eigenvalue weighted by atomic mass is 32.2. The normalized spacial score (nSPS) is 15.7. The maximum Gasteiger partial charge on any atom is 0.238 e. The van der Waals surface area contributed by atoms with Crippen molar-refractivity contribution >= 4 is 23.4 Å². The van der Waals surface area contributed by atoms with Crippen LogP contribution in [0.3, 0.4) is 0 Å². The van der Waals surface area contributed by atoms with Crippen LogP contribution in [0, 0.1) is 0 Å². The highest BCUT2D eigenvalue weighted by Crippen LogP contribution is 2.38. The predicted molar refractivity (Wildman–Crippen MR) is 97.2 cm³/mol. The van der Waals surface area contributed by atoms with Gasteiger partial charge >= 0.3 is 0 Å². The van der Waals surface area contributed by atoms with E-state index in [2.05, 4.69) is 17.4 Å². The fourth-order valence-corrected chi connectivity index (χ4v) is 3.88. The Morgan fingerprint density at radius 3 is 2.71 bits per heavy atom. The van der Waals surface area contributed by atoms with Crippen molar-refractivity contribution in [3.8, 4) is 11.5 Å². The average Bonchev–Trinajstić information content (AvgIpc) is 3.02. The van der Waals surface area contributed by atoms with Crippen molar-refractivity contribution in [3.05, 3.63) is 48.0 Å². The summed E-state index contributed by atoms with van der Waals surface area (Å²) in [5.41, 5.74) is 1.89. The van der Waals surface area contributed by atoms with Crippen molar-refractivity contribution in [1.29, 1.82) is 0 Å². The molecule has 0 spiro atoms. The zero-order valence-corrected chi connectivity index (χ0v) is 14.7. The van der Waals surface area contributed by atoms with Crippen molar-refractivity contribution in [2.24, 2.45) is 0 Å². The lowest BCUT2D eigenvalue weighted by Gasteiger charge is -2.15. The minimum atomic E-state index is -0.118. The number of anilines is 1. The average molecular weight is 343 g/mol. The Kier molecular flexibility index (Phi) is 5.30. The van der Waals surface area contributed by atoms with E-state index >= 15 is 0 Å². The summed E-state index contributed by atoms with van der Waals surface area (Å²) < 4.78 is 11.1. The first-order valence-corrected chi connectivity index (χ1v) is 9.04. The topological polar surface area (TPSA) is 47.6 Å². The molecule has 126 valence electrons. The Bertz CT molecular complexity index is 707. The highest BCUT2D eigenvalue weighted by Gasteiger charge is 2.28. The lowest BCUT2D eigenvalue weighted by molar-refractivity contribution is -0.115. The zero-order valence-electron chi connectivity index (χ0n) is 13.9. The van der Waals surface area contributed by atoms with E-state index < -0.39 is 0 Å². The molecule has 24 heavy (non-hydrogen) atoms. The molecule has 1 N–H and O–H groups in total. The van der Waals surface area contributed by atoms with Crippen molar-refractivity contribution in [3.63, 3.8) is 0 Å². The molecule has 1 unspecified atom stereocenters. The summed E-state index contributed by atoms with van der Waals surface area (Å²) in [6.45, 7) is 4.97. The molecule has 0 aliphatic carbocycles. The molecular weight excluding hydrogens is 322 g/mol. The molecule has 1 heterocycles. The first kappa shape index (κ1) is 16.7. The first-order chi connectivity index (χ1) is 11.7. The van der Waals surface area contributed by atoms with E-state index in [9.17, 15) is 4.79 Å². The number of nitrogens with one attached hydrogen (secondary N) is 1. The van der Waals surface area contributed by atoms with E-state index in [-0.39, 0.29) is 11.2 Å². The second-order valence-electron chi connectivity index (χ2n) is 5.43. The number of rotatable bonds is 6. The van der Waals surface area contributed by atoms with Gasteiger partial charge in [0.1, 0.15) is 11.5 Å². The monoisotopic (exact) mass is 343 g/mol. The Morgan fingerprint density at radius 2 is 1.96 bits per heavy atom. The van der Waals surface area contributed by atoms with Crippen LogP contribution in [0.4, 0.5) is 5.69 Å². The van der Waals surface area contributed by atoms with Crippen LogP contribution < -0.4 is 14.8 Å². The molecular formula is C19H21NO3S. The maximum atomic E-state index is 12.7. The molecule has 0 aromatic heterocycles. The number of hydrogen-bond acceptors (Lipinski definition) is 4. The number of fused-ring (bicyclic) bond motifs is 1. The molecule has 2 aromatic carbocycles. The highest BCUT2D eigenvalue weighted by molar-refractivity contribution is 8.01. The van der Waals surface area contributed by atoms with Crippen LogP contribution in [0.25, 0.3) is 0 Å². The third-order valence-electron chi connectivity index (χ3n) is 3.76. The van der Waals surface area contributed by atoms with E-state index in [0.717, 1.165) is 12.2 Å². The van der Waals surface area contributed by atoms with Gasteiger partial charge in [-0.25, -0.2) is 0 Å². The zero-order chi connectivity index (χ0) is 16.9. The Labute approximate surface area is 146 Å². The minimum Gasteiger partial charge on any atom is -0.494 e. The molecule has 1 aliphatic rings. The van der Waals surface area contributed by atoms with Gasteiger partial charge in [-0.1, -0.05) is 18.2 Å². The molecule has 0 saturated carbocycles. The fourth-order valence-electron chi connectivity index (χ4n) is 2.69. The number of benzene rings is 2. The summed E-state index contributed by atoms with van der Waals surface area (Å²) in [6, 6.07) is 13.7. The largest absolute Gasteiger partial charge is 0.494 e. The first-order valence-electron chi connectivity index (χ1n) is 8.16. The predicted octanol–water partition coefficient (Wildman–Crippen LogP) is 4.14. The smallest absolute Gasteiger partial charge is 0.238 e. The summed E-state index contributed by atoms with van der Waals surface area (Å²) in [5.74, 6) is 1.37. The summed E-state index contributed by atoms with van der Waals surface area (Å²) in [4.78, 5) is 13.9. The Morgan fingerprint density at radius 1 is 1.17 bits per heavy atom. The van der Waals surface area contributed by atoms with E-state index in [1.54, 1.807) is 11.8 Å². The van der Waals surface area contributed by atoms with Crippen molar-refractivity contribution < 1.29 is 14.3 Å². The van der Waals surface area contributed by atoms with Crippen LogP contribution in [-0.4, -0.2) is 24.4 Å². The van der Waals surface area contributed by atoms with Gasteiger partial charge in [0, 0.05) is 11.0 Å². The third kappa shape index (κ3) is 3.67. The Hall–Kier alpha value is -2.14. The molecule has 0 saturated heterocycles. The molecule has 5 heteroatoms. The van der Waals surface area contributed by atoms with Crippen molar-refractivity contribution in [2.75, 3.05) is 18.5 Å². The van der Waals surface area contributed by atoms with E-state index in [1.165, 1.54) is 10.5 Å². The molecule has 2 aromatic rings. The number of ether oxygens (including phenoxy) is 2. The van der Waals surface area contributed by atoms with Gasteiger partial charge in [-0.3, -0.25) is 4.79 Å². The number of thioether (sulfide) groups is 1. The standard InChI is InChI=1S/C19H21NO3S/c1-3-22-14-9-10-16(23-4-2)15(12-14)20-19(21)18-11-13-7-5-6-8-17(13)24-18/h5-10,12,18H,3-4,11H2,1-2H3,(H,20,21). The van der Waals surface area contributed by atoms with Gasteiger partial charge in [0.15, 0.2) is 0 Å². The van der Waals surface area contributed by atoms with Crippen LogP contribution in [0.1, 0.15) is 19.4 Å². The lowest BCUT2D eigenvalue weighted by Crippen LogP contribution is -2.25. The van der Waals surface area contributed by atoms with Gasteiger partial charge in [0.05, 0.1) is 24.2 Å². The summed E-state index contributed by atoms with van der Waals surface area (Å²) >= 11 is 1.61. The van der Waals surface area contributed by atoms with Gasteiger partial charge in [-0.05, 0) is 44.0 Å². The van der Waals surface area contributed by atoms with Crippen molar-refractivity contribution in [1.82, 2.24) is 0 Å². The quantitative estimate of drug-likeness (QED) is 0.856. The van der Waals surface area contributed by atoms with E-state index in [1.807, 2.05) is 44.2 Å². The van der Waals surface area contributed by atoms with E-state index in [0.29, 0.717) is 24.7 Å². The molecule has 1 aliphatic heterocycles. The van der Waals surface area contributed by atoms with Gasteiger partial charge in [0.2, 0.25) is 5.91 Å². The number of carbonyl (C=O) groups is 1. The summed E-state index contributed by atoms with van der Waals surface area (Å²) in [6.07, 6.45) is 0.752. The third-order valence-corrected chi connectivity index (χ3v) is 5.08. The van der Waals surface area contributed by atoms with Gasteiger partial charge in [-0.15, -0.1) is 11.8 Å². The molecule has 1 atom stereocenters. The minimum absolute atomic E-state index is 0.00852. The molecule has 1 amide bonds. The number of amides is 1. The van der Waals surface area contributed by atoms with Crippen molar-refractivity contribution in [2.45, 2.75) is 30.4 Å². The summed E-state index contributed by atoms with van der Waals surface area (Å²) in [5, 5.41) is 2.89. The van der Waals surface area contributed by atoms with Crippen LogP contribution in [0.2, 0.25) is 0 Å². The molecule has 0 fully saturated rings. The lowest BCUT2D eigenvalue weighted by atomic mass is 10.1. The second-order valence-corrected chi connectivity index (χ2v) is 6.68. The van der Waals surface area contributed by atoms with E-state index in [4.69, 9.17) is 9.47 Å². The van der Waals surface area contributed by atoms with Crippen LogP contribution >= 0.6 is 11.8 Å². The van der Waals surface area contributed by atoms with Crippen LogP contribution in [-0.2, 0) is 11.2 Å². The van der Waals surface area contributed by atoms with Crippen LogP contribution in [0.15, 0.2) is 47.4 Å². The second kappa shape index (κ2) is 7.62.